The van der Waals surface area contributed by atoms with Gasteiger partial charge in [-0.05, 0) is 42.2 Å². The van der Waals surface area contributed by atoms with Crippen molar-refractivity contribution in [3.63, 3.8) is 0 Å². The molecule has 2 aliphatic rings. The van der Waals surface area contributed by atoms with E-state index in [2.05, 4.69) is 32.6 Å². The molecule has 2 aliphatic carbocycles. The van der Waals surface area contributed by atoms with Gasteiger partial charge in [-0.1, -0.05) is 31.2 Å². The van der Waals surface area contributed by atoms with E-state index in [1.807, 2.05) is 6.26 Å². The molecule has 0 radical (unpaired) electrons. The minimum Gasteiger partial charge on any atom is -0.469 e. The summed E-state index contributed by atoms with van der Waals surface area (Å²) in [5.74, 6) is 1.79. The van der Waals surface area contributed by atoms with Crippen molar-refractivity contribution < 1.29 is 4.42 Å². The van der Waals surface area contributed by atoms with E-state index in [0.29, 0.717) is 5.92 Å². The SMILES string of the molecule is C=C1CC=C[C@@]2(C)Cc3occ(C)c3C[C@H]12. The molecule has 0 bridgehead atoms. The lowest BCUT2D eigenvalue weighted by Gasteiger charge is -2.42. The molecule has 1 heterocycles. The molecule has 84 valence electrons. The van der Waals surface area contributed by atoms with Gasteiger partial charge in [-0.15, -0.1) is 0 Å². The van der Waals surface area contributed by atoms with Crippen LogP contribution in [0.4, 0.5) is 0 Å². The number of furan rings is 1. The van der Waals surface area contributed by atoms with E-state index in [1.54, 1.807) is 0 Å². The van der Waals surface area contributed by atoms with Crippen LogP contribution < -0.4 is 0 Å². The first-order valence-electron chi connectivity index (χ1n) is 6.01. The molecule has 2 atom stereocenters. The maximum atomic E-state index is 5.67. The zero-order chi connectivity index (χ0) is 11.3. The Hall–Kier alpha value is -1.24. The minimum atomic E-state index is 0.229. The van der Waals surface area contributed by atoms with E-state index in [0.717, 1.165) is 19.3 Å². The van der Waals surface area contributed by atoms with Crippen LogP contribution in [-0.4, -0.2) is 0 Å². The molecule has 1 aromatic rings. The van der Waals surface area contributed by atoms with E-state index in [9.17, 15) is 0 Å². The third kappa shape index (κ3) is 1.24. The van der Waals surface area contributed by atoms with Gasteiger partial charge >= 0.3 is 0 Å². The fourth-order valence-corrected chi connectivity index (χ4v) is 3.26. The van der Waals surface area contributed by atoms with Crippen LogP contribution >= 0.6 is 0 Å². The molecule has 16 heavy (non-hydrogen) atoms. The normalized spacial score (nSPS) is 32.4. The highest BCUT2D eigenvalue weighted by Gasteiger charge is 2.41. The second kappa shape index (κ2) is 3.13. The number of hydrogen-bond acceptors (Lipinski definition) is 1. The van der Waals surface area contributed by atoms with E-state index >= 15 is 0 Å². The van der Waals surface area contributed by atoms with Crippen LogP contribution in [0.2, 0.25) is 0 Å². The first kappa shape index (κ1) is 9.95. The topological polar surface area (TPSA) is 13.1 Å². The second-order valence-corrected chi connectivity index (χ2v) is 5.52. The van der Waals surface area contributed by atoms with Gasteiger partial charge in [0.15, 0.2) is 0 Å². The molecule has 0 amide bonds. The van der Waals surface area contributed by atoms with Crippen molar-refractivity contribution in [1.82, 2.24) is 0 Å². The molecule has 0 fully saturated rings. The maximum absolute atomic E-state index is 5.67. The zero-order valence-electron chi connectivity index (χ0n) is 10.0. The molecule has 0 aliphatic heterocycles. The highest BCUT2D eigenvalue weighted by Crippen LogP contribution is 2.48. The number of aryl methyl sites for hydroxylation is 1. The summed E-state index contributed by atoms with van der Waals surface area (Å²) in [5, 5.41) is 0. The maximum Gasteiger partial charge on any atom is 0.108 e. The van der Waals surface area contributed by atoms with Gasteiger partial charge in [0.05, 0.1) is 6.26 Å². The molecule has 1 aromatic heterocycles. The Morgan fingerprint density at radius 1 is 1.50 bits per heavy atom. The first-order valence-corrected chi connectivity index (χ1v) is 6.01. The molecular formula is C15H18O. The quantitative estimate of drug-likeness (QED) is 0.598. The van der Waals surface area contributed by atoms with Crippen LogP contribution in [0.15, 0.2) is 35.0 Å². The molecule has 0 saturated heterocycles. The standard InChI is InChI=1S/C15H18O/c1-10-5-4-6-15(3)8-14-12(7-13(10)15)11(2)9-16-14/h4,6,9,13H,1,5,7-8H2,2-3H3/t13-,15+/m1/s1. The molecule has 0 saturated carbocycles. The number of hydrogen-bond donors (Lipinski definition) is 0. The van der Waals surface area contributed by atoms with Crippen LogP contribution in [0.5, 0.6) is 0 Å². The van der Waals surface area contributed by atoms with E-state index in [-0.39, 0.29) is 5.41 Å². The minimum absolute atomic E-state index is 0.229. The average Bonchev–Trinajstić information content (AvgIpc) is 2.57. The fraction of sp³-hybridized carbons (Fsp3) is 0.467. The molecule has 1 heteroatoms. The highest BCUT2D eigenvalue weighted by molar-refractivity contribution is 5.37. The summed E-state index contributed by atoms with van der Waals surface area (Å²) < 4.78 is 5.67. The molecule has 0 aromatic carbocycles. The number of rotatable bonds is 0. The van der Waals surface area contributed by atoms with Crippen LogP contribution in [0.3, 0.4) is 0 Å². The number of fused-ring (bicyclic) bond motifs is 2. The average molecular weight is 214 g/mol. The predicted molar refractivity (Wildman–Crippen MR) is 65.3 cm³/mol. The molecule has 0 N–H and O–H groups in total. The summed E-state index contributed by atoms with van der Waals surface area (Å²) in [6.07, 6.45) is 9.71. The summed E-state index contributed by atoms with van der Waals surface area (Å²) in [6, 6.07) is 0. The monoisotopic (exact) mass is 214 g/mol. The Kier molecular flexibility index (Phi) is 1.95. The van der Waals surface area contributed by atoms with Gasteiger partial charge in [0, 0.05) is 6.42 Å². The second-order valence-electron chi connectivity index (χ2n) is 5.52. The molecule has 1 nitrogen and oxygen atoms in total. The smallest absolute Gasteiger partial charge is 0.108 e. The molecule has 0 unspecified atom stereocenters. The van der Waals surface area contributed by atoms with Crippen molar-refractivity contribution in [3.05, 3.63) is 47.5 Å². The lowest BCUT2D eigenvalue weighted by Crippen LogP contribution is -2.36. The van der Waals surface area contributed by atoms with Crippen LogP contribution in [0.25, 0.3) is 0 Å². The van der Waals surface area contributed by atoms with E-state index < -0.39 is 0 Å². The van der Waals surface area contributed by atoms with Crippen LogP contribution in [-0.2, 0) is 12.8 Å². The Morgan fingerprint density at radius 3 is 3.12 bits per heavy atom. The van der Waals surface area contributed by atoms with Gasteiger partial charge in [0.1, 0.15) is 5.76 Å². The van der Waals surface area contributed by atoms with Gasteiger partial charge in [-0.25, -0.2) is 0 Å². The third-order valence-corrected chi connectivity index (χ3v) is 4.31. The van der Waals surface area contributed by atoms with Crippen LogP contribution in [0, 0.1) is 18.3 Å². The fourth-order valence-electron chi connectivity index (χ4n) is 3.26. The highest BCUT2D eigenvalue weighted by atomic mass is 16.3. The van der Waals surface area contributed by atoms with Crippen molar-refractivity contribution in [2.45, 2.75) is 33.1 Å². The predicted octanol–water partition coefficient (Wildman–Crippen LogP) is 3.83. The molecular weight excluding hydrogens is 196 g/mol. The lowest BCUT2D eigenvalue weighted by atomic mass is 9.62. The molecule has 3 rings (SSSR count). The van der Waals surface area contributed by atoms with E-state index in [4.69, 9.17) is 4.42 Å². The van der Waals surface area contributed by atoms with E-state index in [1.165, 1.54) is 22.5 Å². The van der Waals surface area contributed by atoms with Gasteiger partial charge in [-0.3, -0.25) is 0 Å². The van der Waals surface area contributed by atoms with Gasteiger partial charge in [0.2, 0.25) is 0 Å². The Labute approximate surface area is 96.8 Å². The van der Waals surface area contributed by atoms with Crippen molar-refractivity contribution in [2.75, 3.05) is 0 Å². The summed E-state index contributed by atoms with van der Waals surface area (Å²) in [4.78, 5) is 0. The molecule has 0 spiro atoms. The van der Waals surface area contributed by atoms with Crippen molar-refractivity contribution in [2.24, 2.45) is 11.3 Å². The summed E-state index contributed by atoms with van der Waals surface area (Å²) in [7, 11) is 0. The van der Waals surface area contributed by atoms with Crippen molar-refractivity contribution in [1.29, 1.82) is 0 Å². The number of allylic oxidation sites excluding steroid dienone is 3. The largest absolute Gasteiger partial charge is 0.469 e. The third-order valence-electron chi connectivity index (χ3n) is 4.31. The van der Waals surface area contributed by atoms with Crippen molar-refractivity contribution >= 4 is 0 Å². The first-order chi connectivity index (χ1) is 7.60. The van der Waals surface area contributed by atoms with Crippen LogP contribution in [0.1, 0.15) is 30.2 Å². The van der Waals surface area contributed by atoms with Gasteiger partial charge in [-0.2, -0.15) is 0 Å². The summed E-state index contributed by atoms with van der Waals surface area (Å²) >= 11 is 0. The Bertz CT molecular complexity index is 478. The Balaban J connectivity index is 2.09. The Morgan fingerprint density at radius 2 is 2.31 bits per heavy atom. The zero-order valence-corrected chi connectivity index (χ0v) is 10.0. The van der Waals surface area contributed by atoms with Gasteiger partial charge in [0.25, 0.3) is 0 Å². The summed E-state index contributed by atoms with van der Waals surface area (Å²) in [5.41, 5.74) is 4.35. The van der Waals surface area contributed by atoms with Gasteiger partial charge < -0.3 is 4.42 Å². The van der Waals surface area contributed by atoms with Crippen molar-refractivity contribution in [3.8, 4) is 0 Å². The lowest BCUT2D eigenvalue weighted by molar-refractivity contribution is 0.238. The summed E-state index contributed by atoms with van der Waals surface area (Å²) in [6.45, 7) is 8.73.